The predicted octanol–water partition coefficient (Wildman–Crippen LogP) is 2.79. The molecule has 2 saturated heterocycles. The molecule has 6 heteroatoms. The van der Waals surface area contributed by atoms with Crippen LogP contribution in [-0.4, -0.2) is 71.8 Å². The number of rotatable bonds is 4. The Hall–Kier alpha value is -1.61. The molecule has 0 atom stereocenters. The number of hydrogen-bond acceptors (Lipinski definition) is 4. The van der Waals surface area contributed by atoms with Crippen LogP contribution in [0.1, 0.15) is 70.6 Å². The summed E-state index contributed by atoms with van der Waals surface area (Å²) in [6.45, 7) is 3.79. The lowest BCUT2D eigenvalue weighted by Crippen LogP contribution is -2.53. The minimum Gasteiger partial charge on any atom is -0.342 e. The van der Waals surface area contributed by atoms with Crippen molar-refractivity contribution in [3.63, 3.8) is 0 Å². The molecule has 3 rings (SSSR count). The average molecular weight is 389 g/mol. The molecule has 2 aliphatic heterocycles. The molecular formula is C22H36N4O2. The highest BCUT2D eigenvalue weighted by molar-refractivity contribution is 5.80. The van der Waals surface area contributed by atoms with Gasteiger partial charge in [0.15, 0.2) is 0 Å². The Morgan fingerprint density at radius 1 is 0.964 bits per heavy atom. The summed E-state index contributed by atoms with van der Waals surface area (Å²) in [5, 5.41) is 9.71. The summed E-state index contributed by atoms with van der Waals surface area (Å²) in [6.07, 6.45) is 11.2. The number of nitrogens with zero attached hydrogens (tertiary/aromatic N) is 4. The van der Waals surface area contributed by atoms with E-state index in [0.29, 0.717) is 12.5 Å². The van der Waals surface area contributed by atoms with Crippen molar-refractivity contribution in [1.82, 2.24) is 14.7 Å². The second-order valence-corrected chi connectivity index (χ2v) is 8.95. The van der Waals surface area contributed by atoms with Gasteiger partial charge in [0, 0.05) is 26.1 Å². The smallest absolute Gasteiger partial charge is 0.237 e. The number of likely N-dealkylation sites (N-methyl/N-ethyl adjacent to an activating group) is 1. The van der Waals surface area contributed by atoms with Crippen LogP contribution in [0.3, 0.4) is 0 Å². The lowest BCUT2D eigenvalue weighted by atomic mass is 9.81. The second-order valence-electron chi connectivity index (χ2n) is 8.95. The van der Waals surface area contributed by atoms with Crippen LogP contribution in [0.25, 0.3) is 0 Å². The Kier molecular flexibility index (Phi) is 7.34. The Morgan fingerprint density at radius 2 is 1.54 bits per heavy atom. The first-order chi connectivity index (χ1) is 13.6. The van der Waals surface area contributed by atoms with E-state index in [9.17, 15) is 14.9 Å². The molecule has 0 unspecified atom stereocenters. The molecule has 3 aliphatic rings. The summed E-state index contributed by atoms with van der Waals surface area (Å²) in [5.41, 5.74) is -0.615. The molecule has 0 bridgehead atoms. The topological polar surface area (TPSA) is 67.7 Å². The zero-order valence-electron chi connectivity index (χ0n) is 17.5. The van der Waals surface area contributed by atoms with Crippen LogP contribution in [0.4, 0.5) is 0 Å². The van der Waals surface area contributed by atoms with E-state index in [1.807, 2.05) is 0 Å². The molecule has 2 amide bonds. The molecule has 0 aromatic heterocycles. The van der Waals surface area contributed by atoms with Gasteiger partial charge in [-0.05, 0) is 51.6 Å². The molecule has 3 fully saturated rings. The van der Waals surface area contributed by atoms with Gasteiger partial charge in [-0.15, -0.1) is 0 Å². The molecule has 0 aromatic rings. The van der Waals surface area contributed by atoms with Crippen molar-refractivity contribution in [1.29, 1.82) is 5.26 Å². The number of hydrogen-bond donors (Lipinski definition) is 0. The maximum Gasteiger partial charge on any atom is 0.237 e. The third-order valence-corrected chi connectivity index (χ3v) is 7.12. The van der Waals surface area contributed by atoms with Crippen molar-refractivity contribution in [3.05, 3.63) is 0 Å². The van der Waals surface area contributed by atoms with Crippen LogP contribution in [0.2, 0.25) is 0 Å². The van der Waals surface area contributed by atoms with Gasteiger partial charge in [0.1, 0.15) is 5.54 Å². The van der Waals surface area contributed by atoms with Crippen LogP contribution in [-0.2, 0) is 9.59 Å². The van der Waals surface area contributed by atoms with Gasteiger partial charge in [0.2, 0.25) is 11.8 Å². The van der Waals surface area contributed by atoms with Gasteiger partial charge in [-0.3, -0.25) is 14.5 Å². The predicted molar refractivity (Wildman–Crippen MR) is 108 cm³/mol. The van der Waals surface area contributed by atoms with E-state index in [1.165, 1.54) is 12.8 Å². The Labute approximate surface area is 169 Å². The van der Waals surface area contributed by atoms with E-state index >= 15 is 0 Å². The number of nitriles is 1. The van der Waals surface area contributed by atoms with Crippen molar-refractivity contribution >= 4 is 11.8 Å². The van der Waals surface area contributed by atoms with Crippen LogP contribution >= 0.6 is 0 Å². The third kappa shape index (κ3) is 4.86. The molecule has 0 radical (unpaired) electrons. The average Bonchev–Trinajstić information content (AvgIpc) is 3.03. The molecule has 1 saturated carbocycles. The zero-order valence-corrected chi connectivity index (χ0v) is 17.5. The maximum absolute atomic E-state index is 12.8. The lowest BCUT2D eigenvalue weighted by Gasteiger charge is -2.40. The first-order valence-electron chi connectivity index (χ1n) is 11.2. The molecule has 2 heterocycles. The van der Waals surface area contributed by atoms with E-state index in [2.05, 4.69) is 15.9 Å². The second kappa shape index (κ2) is 9.73. The monoisotopic (exact) mass is 388 g/mol. The molecule has 0 aromatic carbocycles. The Morgan fingerprint density at radius 3 is 2.11 bits per heavy atom. The van der Waals surface area contributed by atoms with Crippen LogP contribution < -0.4 is 0 Å². The van der Waals surface area contributed by atoms with Crippen molar-refractivity contribution in [2.75, 3.05) is 39.8 Å². The van der Waals surface area contributed by atoms with Crippen molar-refractivity contribution < 1.29 is 9.59 Å². The van der Waals surface area contributed by atoms with Gasteiger partial charge in [-0.2, -0.15) is 5.26 Å². The Bertz CT molecular complexity index is 578. The first-order valence-corrected chi connectivity index (χ1v) is 11.2. The number of piperidine rings is 1. The van der Waals surface area contributed by atoms with Crippen LogP contribution in [0.15, 0.2) is 0 Å². The van der Waals surface area contributed by atoms with Gasteiger partial charge < -0.3 is 9.80 Å². The van der Waals surface area contributed by atoms with Crippen molar-refractivity contribution in [2.45, 2.75) is 76.2 Å². The van der Waals surface area contributed by atoms with E-state index in [4.69, 9.17) is 0 Å². The normalized spacial score (nSPS) is 24.2. The van der Waals surface area contributed by atoms with Gasteiger partial charge in [-0.1, -0.05) is 32.1 Å². The molecule has 1 aliphatic carbocycles. The summed E-state index contributed by atoms with van der Waals surface area (Å²) < 4.78 is 0. The number of carbonyl (C=O) groups excluding carboxylic acids is 2. The highest BCUT2D eigenvalue weighted by atomic mass is 16.2. The quantitative estimate of drug-likeness (QED) is 0.743. The summed E-state index contributed by atoms with van der Waals surface area (Å²) in [7, 11) is 1.80. The van der Waals surface area contributed by atoms with Gasteiger partial charge in [-0.25, -0.2) is 0 Å². The largest absolute Gasteiger partial charge is 0.342 e. The Balaban J connectivity index is 1.47. The first kappa shape index (κ1) is 21.1. The summed E-state index contributed by atoms with van der Waals surface area (Å²) >= 11 is 0. The minimum atomic E-state index is -0.615. The highest BCUT2D eigenvalue weighted by Crippen LogP contribution is 2.32. The number of amides is 2. The minimum absolute atomic E-state index is 0.0424. The van der Waals surface area contributed by atoms with E-state index in [1.54, 1.807) is 11.9 Å². The maximum atomic E-state index is 12.8. The molecule has 28 heavy (non-hydrogen) atoms. The molecule has 0 N–H and O–H groups in total. The number of likely N-dealkylation sites (tertiary alicyclic amines) is 2. The van der Waals surface area contributed by atoms with E-state index in [0.717, 1.165) is 84.0 Å². The molecule has 156 valence electrons. The lowest BCUT2D eigenvalue weighted by molar-refractivity contribution is -0.138. The van der Waals surface area contributed by atoms with Crippen molar-refractivity contribution in [2.24, 2.45) is 5.92 Å². The standard InChI is InChI=1S/C22H36N4O2/c1-24(22(18-23)11-5-4-6-12-22)20(27)17-25-15-9-19(10-16-25)21(28)26-13-7-2-3-8-14-26/h19H,2-17H2,1H3. The van der Waals surface area contributed by atoms with Crippen LogP contribution in [0.5, 0.6) is 0 Å². The van der Waals surface area contributed by atoms with E-state index in [-0.39, 0.29) is 11.8 Å². The third-order valence-electron chi connectivity index (χ3n) is 7.12. The summed E-state index contributed by atoms with van der Waals surface area (Å²) in [5.74, 6) is 0.488. The fraction of sp³-hybridized carbons (Fsp3) is 0.864. The molecule has 6 nitrogen and oxygen atoms in total. The summed E-state index contributed by atoms with van der Waals surface area (Å²) in [4.78, 5) is 31.6. The molecular weight excluding hydrogens is 352 g/mol. The molecule has 0 spiro atoms. The van der Waals surface area contributed by atoms with E-state index < -0.39 is 5.54 Å². The van der Waals surface area contributed by atoms with Gasteiger partial charge >= 0.3 is 0 Å². The van der Waals surface area contributed by atoms with Crippen LogP contribution in [0, 0.1) is 17.2 Å². The van der Waals surface area contributed by atoms with Gasteiger partial charge in [0.25, 0.3) is 0 Å². The zero-order chi connectivity index (χ0) is 20.0. The summed E-state index contributed by atoms with van der Waals surface area (Å²) in [6, 6.07) is 2.44. The fourth-order valence-electron chi connectivity index (χ4n) is 5.08. The number of carbonyl (C=O) groups is 2. The fourth-order valence-corrected chi connectivity index (χ4v) is 5.08. The SMILES string of the molecule is CN(C(=O)CN1CCC(C(=O)N2CCCCCC2)CC1)C1(C#N)CCCCC1. The van der Waals surface area contributed by atoms with Crippen molar-refractivity contribution in [3.8, 4) is 6.07 Å². The van der Waals surface area contributed by atoms with Gasteiger partial charge in [0.05, 0.1) is 12.6 Å². The highest BCUT2D eigenvalue weighted by Gasteiger charge is 2.39.